The standard InChI is InChI=1S/C10H9BrClF2NO2/c1-2-17-10(16)7-5(4-11)3-6(12)8(15-7)9(13)14/h3,9H,2,4H2,1H3. The van der Waals surface area contributed by atoms with Gasteiger partial charge in [-0.25, -0.2) is 18.6 Å². The van der Waals surface area contributed by atoms with Crippen molar-refractivity contribution in [3.05, 3.63) is 28.0 Å². The molecular weight excluding hydrogens is 319 g/mol. The average Bonchev–Trinajstić information content (AvgIpc) is 2.28. The zero-order valence-electron chi connectivity index (χ0n) is 8.84. The van der Waals surface area contributed by atoms with Gasteiger partial charge in [0.25, 0.3) is 6.43 Å². The monoisotopic (exact) mass is 327 g/mol. The van der Waals surface area contributed by atoms with E-state index in [9.17, 15) is 13.6 Å². The summed E-state index contributed by atoms with van der Waals surface area (Å²) in [7, 11) is 0. The van der Waals surface area contributed by atoms with Crippen LogP contribution >= 0.6 is 27.5 Å². The van der Waals surface area contributed by atoms with Gasteiger partial charge < -0.3 is 4.74 Å². The molecule has 3 nitrogen and oxygen atoms in total. The van der Waals surface area contributed by atoms with Crippen LogP contribution in [0.4, 0.5) is 8.78 Å². The van der Waals surface area contributed by atoms with Gasteiger partial charge in [-0.2, -0.15) is 0 Å². The molecule has 0 aliphatic carbocycles. The molecule has 1 aromatic rings. The van der Waals surface area contributed by atoms with Gasteiger partial charge in [-0.3, -0.25) is 0 Å². The number of hydrogen-bond acceptors (Lipinski definition) is 3. The molecule has 0 N–H and O–H groups in total. The van der Waals surface area contributed by atoms with Crippen LogP contribution in [0.1, 0.15) is 35.1 Å². The number of carbonyl (C=O) groups is 1. The minimum absolute atomic E-state index is 0.136. The molecule has 0 spiro atoms. The van der Waals surface area contributed by atoms with Crippen LogP contribution in [-0.4, -0.2) is 17.6 Å². The lowest BCUT2D eigenvalue weighted by Crippen LogP contribution is -2.12. The van der Waals surface area contributed by atoms with E-state index in [1.807, 2.05) is 0 Å². The van der Waals surface area contributed by atoms with E-state index in [0.717, 1.165) is 0 Å². The molecule has 1 heterocycles. The van der Waals surface area contributed by atoms with E-state index in [4.69, 9.17) is 16.3 Å². The minimum atomic E-state index is -2.83. The van der Waals surface area contributed by atoms with Gasteiger partial charge >= 0.3 is 5.97 Å². The van der Waals surface area contributed by atoms with E-state index in [2.05, 4.69) is 20.9 Å². The van der Waals surface area contributed by atoms with E-state index < -0.39 is 18.1 Å². The number of carbonyl (C=O) groups excluding carboxylic acids is 1. The Labute approximate surface area is 110 Å². The minimum Gasteiger partial charge on any atom is -0.461 e. The maximum Gasteiger partial charge on any atom is 0.357 e. The summed E-state index contributed by atoms with van der Waals surface area (Å²) in [5, 5.41) is 0.111. The van der Waals surface area contributed by atoms with Crippen molar-refractivity contribution in [3.63, 3.8) is 0 Å². The summed E-state index contributed by atoms with van der Waals surface area (Å²) in [5.41, 5.74) is -0.333. The van der Waals surface area contributed by atoms with Crippen LogP contribution in [0.15, 0.2) is 6.07 Å². The highest BCUT2D eigenvalue weighted by molar-refractivity contribution is 9.08. The van der Waals surface area contributed by atoms with E-state index in [-0.39, 0.29) is 22.7 Å². The van der Waals surface area contributed by atoms with Crippen LogP contribution in [0.25, 0.3) is 0 Å². The molecule has 0 aliphatic rings. The summed E-state index contributed by atoms with van der Waals surface area (Å²) in [4.78, 5) is 15.1. The SMILES string of the molecule is CCOC(=O)c1nc(C(F)F)c(Cl)cc1CBr. The van der Waals surface area contributed by atoms with Gasteiger partial charge in [0.05, 0.1) is 11.6 Å². The second kappa shape index (κ2) is 6.26. The predicted molar refractivity (Wildman–Crippen MR) is 62.8 cm³/mol. The van der Waals surface area contributed by atoms with E-state index in [1.54, 1.807) is 6.92 Å². The van der Waals surface area contributed by atoms with Crippen LogP contribution in [0.2, 0.25) is 5.02 Å². The van der Waals surface area contributed by atoms with Crippen LogP contribution in [0.3, 0.4) is 0 Å². The number of alkyl halides is 3. The molecule has 0 atom stereocenters. The van der Waals surface area contributed by atoms with Gasteiger partial charge in [0.2, 0.25) is 0 Å². The Hall–Kier alpha value is -0.750. The molecule has 1 rings (SSSR count). The van der Waals surface area contributed by atoms with Gasteiger partial charge in [-0.15, -0.1) is 0 Å². The number of aromatic nitrogens is 1. The molecule has 0 unspecified atom stereocenters. The van der Waals surface area contributed by atoms with Crippen molar-refractivity contribution in [2.24, 2.45) is 0 Å². The van der Waals surface area contributed by atoms with Crippen molar-refractivity contribution in [3.8, 4) is 0 Å². The molecule has 0 aromatic carbocycles. The topological polar surface area (TPSA) is 39.2 Å². The third-order valence-corrected chi connectivity index (χ3v) is 2.81. The molecule has 17 heavy (non-hydrogen) atoms. The Balaban J connectivity index is 3.26. The summed E-state index contributed by atoms with van der Waals surface area (Å²) in [6.07, 6.45) is -2.83. The number of hydrogen-bond donors (Lipinski definition) is 0. The quantitative estimate of drug-likeness (QED) is 0.624. The Morgan fingerprint density at radius 3 is 2.76 bits per heavy atom. The van der Waals surface area contributed by atoms with Gasteiger partial charge in [-0.05, 0) is 18.6 Å². The Morgan fingerprint density at radius 2 is 2.29 bits per heavy atom. The lowest BCUT2D eigenvalue weighted by molar-refractivity contribution is 0.0517. The number of esters is 1. The fourth-order valence-corrected chi connectivity index (χ4v) is 1.86. The number of nitrogens with zero attached hydrogens (tertiary/aromatic N) is 1. The first-order chi connectivity index (χ1) is 8.01. The number of halogens is 4. The highest BCUT2D eigenvalue weighted by Crippen LogP contribution is 2.28. The third-order valence-electron chi connectivity index (χ3n) is 1.90. The molecule has 0 fully saturated rings. The molecule has 0 saturated heterocycles. The zero-order chi connectivity index (χ0) is 13.0. The maximum atomic E-state index is 12.6. The normalized spacial score (nSPS) is 10.7. The molecule has 0 radical (unpaired) electrons. The zero-order valence-corrected chi connectivity index (χ0v) is 11.2. The molecular formula is C10H9BrClF2NO2. The molecule has 94 valence electrons. The fraction of sp³-hybridized carbons (Fsp3) is 0.400. The predicted octanol–water partition coefficient (Wildman–Crippen LogP) is 3.74. The first kappa shape index (κ1) is 14.3. The van der Waals surface area contributed by atoms with Crippen molar-refractivity contribution in [1.29, 1.82) is 0 Å². The molecule has 7 heteroatoms. The van der Waals surface area contributed by atoms with E-state index in [0.29, 0.717) is 5.56 Å². The van der Waals surface area contributed by atoms with Crippen molar-refractivity contribution in [2.75, 3.05) is 6.61 Å². The molecule has 0 bridgehead atoms. The number of ether oxygens (including phenoxy) is 1. The molecule has 0 saturated carbocycles. The fourth-order valence-electron chi connectivity index (χ4n) is 1.17. The van der Waals surface area contributed by atoms with Crippen molar-refractivity contribution < 1.29 is 18.3 Å². The van der Waals surface area contributed by atoms with Gasteiger partial charge in [0.1, 0.15) is 5.69 Å². The largest absolute Gasteiger partial charge is 0.461 e. The molecule has 0 amide bonds. The third kappa shape index (κ3) is 3.35. The van der Waals surface area contributed by atoms with Crippen molar-refractivity contribution in [2.45, 2.75) is 18.7 Å². The van der Waals surface area contributed by atoms with Crippen LogP contribution < -0.4 is 0 Å². The summed E-state index contributed by atoms with van der Waals surface area (Å²) in [6, 6.07) is 1.29. The summed E-state index contributed by atoms with van der Waals surface area (Å²) >= 11 is 8.77. The molecule has 1 aromatic heterocycles. The van der Waals surface area contributed by atoms with Crippen molar-refractivity contribution >= 4 is 33.5 Å². The lowest BCUT2D eigenvalue weighted by atomic mass is 10.2. The maximum absolute atomic E-state index is 12.6. The highest BCUT2D eigenvalue weighted by Gasteiger charge is 2.21. The smallest absolute Gasteiger partial charge is 0.357 e. The first-order valence-electron chi connectivity index (χ1n) is 4.71. The lowest BCUT2D eigenvalue weighted by Gasteiger charge is -2.09. The van der Waals surface area contributed by atoms with Crippen molar-refractivity contribution in [1.82, 2.24) is 4.98 Å². The van der Waals surface area contributed by atoms with Gasteiger partial charge in [0, 0.05) is 5.33 Å². The number of pyridine rings is 1. The van der Waals surface area contributed by atoms with Crippen LogP contribution in [-0.2, 0) is 10.1 Å². The van der Waals surface area contributed by atoms with E-state index >= 15 is 0 Å². The van der Waals surface area contributed by atoms with Crippen LogP contribution in [0, 0.1) is 0 Å². The first-order valence-corrected chi connectivity index (χ1v) is 6.21. The Morgan fingerprint density at radius 1 is 1.65 bits per heavy atom. The average molecular weight is 329 g/mol. The van der Waals surface area contributed by atoms with E-state index in [1.165, 1.54) is 6.07 Å². The van der Waals surface area contributed by atoms with Gasteiger partial charge in [-0.1, -0.05) is 27.5 Å². The van der Waals surface area contributed by atoms with Gasteiger partial charge in [0.15, 0.2) is 5.69 Å². The number of rotatable bonds is 4. The summed E-state index contributed by atoms with van der Waals surface area (Å²) in [5.74, 6) is -0.736. The highest BCUT2D eigenvalue weighted by atomic mass is 79.9. The Bertz CT molecular complexity index is 429. The molecule has 0 aliphatic heterocycles. The Kier molecular flexibility index (Phi) is 5.27. The second-order valence-corrected chi connectivity index (χ2v) is 3.99. The second-order valence-electron chi connectivity index (χ2n) is 3.02. The van der Waals surface area contributed by atoms with Crippen LogP contribution in [0.5, 0.6) is 0 Å². The summed E-state index contributed by atoms with van der Waals surface area (Å²) < 4.78 is 29.9. The summed E-state index contributed by atoms with van der Waals surface area (Å²) in [6.45, 7) is 1.77.